The number of hydrogen-bond acceptors (Lipinski definition) is 3. The summed E-state index contributed by atoms with van der Waals surface area (Å²) in [6.45, 7) is 1.36. The largest absolute Gasteiger partial charge is 0.290 e. The zero-order chi connectivity index (χ0) is 9.90. The molecule has 5 heteroatoms. The predicted molar refractivity (Wildman–Crippen MR) is 40.9 cm³/mol. The van der Waals surface area contributed by atoms with E-state index < -0.39 is 11.6 Å². The van der Waals surface area contributed by atoms with Crippen molar-refractivity contribution in [2.24, 2.45) is 0 Å². The van der Waals surface area contributed by atoms with Gasteiger partial charge in [0.2, 0.25) is 0 Å². The van der Waals surface area contributed by atoms with Gasteiger partial charge in [-0.15, -0.1) is 0 Å². The van der Waals surface area contributed by atoms with E-state index in [2.05, 4.69) is 9.97 Å². The fourth-order valence-electron chi connectivity index (χ4n) is 0.756. The van der Waals surface area contributed by atoms with Gasteiger partial charge in [-0.2, -0.15) is 14.0 Å². The van der Waals surface area contributed by atoms with Crippen LogP contribution in [0.3, 0.4) is 0 Å². The SMILES string of the molecule is CCC(F)(F)c1cnc(C#N)cn1. The van der Waals surface area contributed by atoms with Crippen molar-refractivity contribution in [3.8, 4) is 6.07 Å². The third-order valence-electron chi connectivity index (χ3n) is 1.59. The summed E-state index contributed by atoms with van der Waals surface area (Å²) < 4.78 is 25.9. The van der Waals surface area contributed by atoms with Crippen molar-refractivity contribution in [1.29, 1.82) is 5.26 Å². The van der Waals surface area contributed by atoms with Crippen LogP contribution in [0, 0.1) is 11.3 Å². The van der Waals surface area contributed by atoms with Gasteiger partial charge < -0.3 is 0 Å². The second-order valence-corrected chi connectivity index (χ2v) is 2.46. The number of aromatic nitrogens is 2. The molecule has 0 bridgehead atoms. The number of nitriles is 1. The van der Waals surface area contributed by atoms with Gasteiger partial charge in [0.25, 0.3) is 5.92 Å². The molecular formula is C8H7F2N3. The van der Waals surface area contributed by atoms with Gasteiger partial charge in [-0.3, -0.25) is 4.98 Å². The van der Waals surface area contributed by atoms with Gasteiger partial charge in [-0.25, -0.2) is 4.98 Å². The highest BCUT2D eigenvalue weighted by Gasteiger charge is 2.30. The molecule has 1 heterocycles. The summed E-state index contributed by atoms with van der Waals surface area (Å²) in [5.41, 5.74) is -0.357. The highest BCUT2D eigenvalue weighted by Crippen LogP contribution is 2.28. The van der Waals surface area contributed by atoms with Crippen LogP contribution >= 0.6 is 0 Å². The molecule has 0 N–H and O–H groups in total. The van der Waals surface area contributed by atoms with E-state index in [4.69, 9.17) is 5.26 Å². The quantitative estimate of drug-likeness (QED) is 0.702. The van der Waals surface area contributed by atoms with E-state index in [0.717, 1.165) is 12.4 Å². The molecule has 0 saturated carbocycles. The number of nitrogens with zero attached hydrogens (tertiary/aromatic N) is 3. The Morgan fingerprint density at radius 1 is 1.46 bits per heavy atom. The third kappa shape index (κ3) is 1.96. The van der Waals surface area contributed by atoms with Gasteiger partial charge >= 0.3 is 0 Å². The van der Waals surface area contributed by atoms with E-state index in [1.807, 2.05) is 0 Å². The summed E-state index contributed by atoms with van der Waals surface area (Å²) in [4.78, 5) is 6.96. The molecule has 0 spiro atoms. The Morgan fingerprint density at radius 3 is 2.54 bits per heavy atom. The van der Waals surface area contributed by atoms with Gasteiger partial charge in [0, 0.05) is 6.42 Å². The topological polar surface area (TPSA) is 49.6 Å². The van der Waals surface area contributed by atoms with Crippen molar-refractivity contribution in [2.45, 2.75) is 19.3 Å². The minimum Gasteiger partial charge on any atom is -0.250 e. The van der Waals surface area contributed by atoms with Crippen LogP contribution in [-0.4, -0.2) is 9.97 Å². The lowest BCUT2D eigenvalue weighted by molar-refractivity contribution is -0.0131. The van der Waals surface area contributed by atoms with Crippen LogP contribution in [0.1, 0.15) is 24.7 Å². The predicted octanol–water partition coefficient (Wildman–Crippen LogP) is 1.85. The summed E-state index contributed by atoms with van der Waals surface area (Å²) in [6, 6.07) is 1.71. The van der Waals surface area contributed by atoms with Gasteiger partial charge in [0.15, 0.2) is 5.69 Å². The molecule has 0 radical (unpaired) electrons. The molecule has 0 unspecified atom stereocenters. The van der Waals surface area contributed by atoms with Crippen LogP contribution in [0.2, 0.25) is 0 Å². The van der Waals surface area contributed by atoms with E-state index in [9.17, 15) is 8.78 Å². The minimum absolute atomic E-state index is 0.0376. The van der Waals surface area contributed by atoms with Crippen LogP contribution in [0.5, 0.6) is 0 Å². The molecule has 0 aliphatic carbocycles. The molecular weight excluding hydrogens is 176 g/mol. The first kappa shape index (κ1) is 9.52. The number of hydrogen-bond donors (Lipinski definition) is 0. The number of halogens is 2. The zero-order valence-corrected chi connectivity index (χ0v) is 6.96. The first-order chi connectivity index (χ1) is 6.10. The molecule has 0 saturated heterocycles. The van der Waals surface area contributed by atoms with Crippen LogP contribution < -0.4 is 0 Å². The van der Waals surface area contributed by atoms with Crippen molar-refractivity contribution < 1.29 is 8.78 Å². The summed E-state index contributed by atoms with van der Waals surface area (Å²) in [5, 5.41) is 8.35. The molecule has 0 fully saturated rings. The molecule has 0 aromatic carbocycles. The normalized spacial score (nSPS) is 10.9. The van der Waals surface area contributed by atoms with E-state index in [0.29, 0.717) is 0 Å². The average Bonchev–Trinajstić information content (AvgIpc) is 2.18. The number of alkyl halides is 2. The first-order valence-electron chi connectivity index (χ1n) is 3.70. The van der Waals surface area contributed by atoms with Crippen LogP contribution in [-0.2, 0) is 5.92 Å². The van der Waals surface area contributed by atoms with E-state index in [1.54, 1.807) is 6.07 Å². The lowest BCUT2D eigenvalue weighted by Crippen LogP contribution is -2.14. The van der Waals surface area contributed by atoms with Gasteiger partial charge in [0.05, 0.1) is 12.4 Å². The molecule has 0 aliphatic rings. The highest BCUT2D eigenvalue weighted by molar-refractivity contribution is 5.17. The molecule has 0 amide bonds. The lowest BCUT2D eigenvalue weighted by Gasteiger charge is -2.11. The monoisotopic (exact) mass is 183 g/mol. The van der Waals surface area contributed by atoms with E-state index in [1.165, 1.54) is 6.92 Å². The lowest BCUT2D eigenvalue weighted by atomic mass is 10.2. The van der Waals surface area contributed by atoms with Crippen molar-refractivity contribution in [3.05, 3.63) is 23.8 Å². The van der Waals surface area contributed by atoms with Gasteiger partial charge in [0.1, 0.15) is 11.8 Å². The summed E-state index contributed by atoms with van der Waals surface area (Å²) in [7, 11) is 0. The number of rotatable bonds is 2. The maximum absolute atomic E-state index is 12.9. The first-order valence-corrected chi connectivity index (χ1v) is 3.70. The maximum Gasteiger partial charge on any atom is 0.290 e. The fourth-order valence-corrected chi connectivity index (χ4v) is 0.756. The zero-order valence-electron chi connectivity index (χ0n) is 6.96. The molecule has 1 rings (SSSR count). The highest BCUT2D eigenvalue weighted by atomic mass is 19.3. The fraction of sp³-hybridized carbons (Fsp3) is 0.375. The van der Waals surface area contributed by atoms with Crippen molar-refractivity contribution in [1.82, 2.24) is 9.97 Å². The Morgan fingerprint density at radius 2 is 2.15 bits per heavy atom. The molecule has 0 aliphatic heterocycles. The van der Waals surface area contributed by atoms with Crippen molar-refractivity contribution in [3.63, 3.8) is 0 Å². The van der Waals surface area contributed by atoms with E-state index >= 15 is 0 Å². The van der Waals surface area contributed by atoms with Crippen LogP contribution in [0.4, 0.5) is 8.78 Å². The Labute approximate surface area is 74.1 Å². The summed E-state index contributed by atoms with van der Waals surface area (Å²) in [6.07, 6.45) is 1.65. The maximum atomic E-state index is 12.9. The molecule has 3 nitrogen and oxygen atoms in total. The Kier molecular flexibility index (Phi) is 2.52. The Balaban J connectivity index is 3.00. The average molecular weight is 183 g/mol. The Bertz CT molecular complexity index is 326. The summed E-state index contributed by atoms with van der Waals surface area (Å²) in [5.74, 6) is -2.96. The van der Waals surface area contributed by atoms with Crippen LogP contribution in [0.15, 0.2) is 12.4 Å². The van der Waals surface area contributed by atoms with Gasteiger partial charge in [-0.1, -0.05) is 6.92 Å². The van der Waals surface area contributed by atoms with Crippen LogP contribution in [0.25, 0.3) is 0 Å². The molecule has 1 aromatic heterocycles. The molecule has 13 heavy (non-hydrogen) atoms. The molecule has 1 aromatic rings. The smallest absolute Gasteiger partial charge is 0.250 e. The third-order valence-corrected chi connectivity index (χ3v) is 1.59. The Hall–Kier alpha value is -1.57. The standard InChI is InChI=1S/C8H7F2N3/c1-2-8(9,10)7-5-12-6(3-11)4-13-7/h4-5H,2H2,1H3. The second-order valence-electron chi connectivity index (χ2n) is 2.46. The molecule has 68 valence electrons. The van der Waals surface area contributed by atoms with Crippen molar-refractivity contribution in [2.75, 3.05) is 0 Å². The van der Waals surface area contributed by atoms with Crippen molar-refractivity contribution >= 4 is 0 Å². The van der Waals surface area contributed by atoms with Gasteiger partial charge in [-0.05, 0) is 0 Å². The second kappa shape index (κ2) is 3.44. The molecule has 0 atom stereocenters. The van der Waals surface area contributed by atoms with E-state index in [-0.39, 0.29) is 12.1 Å². The minimum atomic E-state index is -2.96. The summed E-state index contributed by atoms with van der Waals surface area (Å²) >= 11 is 0.